The molecule has 0 heterocycles. The third kappa shape index (κ3) is 9.95. The molecule has 14 heteroatoms. The summed E-state index contributed by atoms with van der Waals surface area (Å²) < 4.78 is 39.2. The number of thiocarbonyl (C=S) groups is 1. The van der Waals surface area contributed by atoms with Gasteiger partial charge in [-0.05, 0) is 47.6 Å². The fourth-order valence-corrected chi connectivity index (χ4v) is 3.56. The Balaban J connectivity index is 0.00000450. The van der Waals surface area contributed by atoms with E-state index >= 15 is 0 Å². The Kier molecular flexibility index (Phi) is 14.5. The number of benzene rings is 2. The van der Waals surface area contributed by atoms with Crippen LogP contribution in [-0.2, 0) is 24.3 Å². The first-order chi connectivity index (χ1) is 13.7. The first kappa shape index (κ1) is 30.6. The molecule has 0 aliphatic rings. The molecule has 0 aromatic heterocycles. The second kappa shape index (κ2) is 14.7. The summed E-state index contributed by atoms with van der Waals surface area (Å²) in [6.45, 7) is 1.25. The molecular formula is C17H12N2Na2O7S3. The van der Waals surface area contributed by atoms with E-state index in [1.54, 1.807) is 12.1 Å². The molecular weight excluding hydrogens is 486 g/mol. The van der Waals surface area contributed by atoms with Crippen molar-refractivity contribution in [1.29, 1.82) is 0 Å². The maximum Gasteiger partial charge on any atom is 1.00 e. The Morgan fingerprint density at radius 2 is 1.84 bits per heavy atom. The Hall–Kier alpha value is -0.410. The van der Waals surface area contributed by atoms with Gasteiger partial charge in [0.05, 0.1) is 27.8 Å². The topological polar surface area (TPSA) is 140 Å². The largest absolute Gasteiger partial charge is 1.00 e. The summed E-state index contributed by atoms with van der Waals surface area (Å²) in [6, 6.07) is 8.65. The fraction of sp³-hybridized carbons (Fsp3) is 0.0588. The van der Waals surface area contributed by atoms with Crippen LogP contribution in [0.15, 0.2) is 51.2 Å². The van der Waals surface area contributed by atoms with Crippen LogP contribution in [0.3, 0.4) is 0 Å². The fourth-order valence-electron chi connectivity index (χ4n) is 2.25. The van der Waals surface area contributed by atoms with Gasteiger partial charge in [-0.3, -0.25) is 9.83 Å². The molecule has 0 unspecified atom stereocenters. The van der Waals surface area contributed by atoms with E-state index in [1.807, 2.05) is 0 Å². The molecule has 1 N–H and O–H groups in total. The van der Waals surface area contributed by atoms with Crippen LogP contribution < -0.4 is 69.7 Å². The maximum absolute atomic E-state index is 11.6. The summed E-state index contributed by atoms with van der Waals surface area (Å²) in [6.07, 6.45) is 2.89. The summed E-state index contributed by atoms with van der Waals surface area (Å²) in [4.78, 5) is 14.9. The molecule has 0 fully saturated rings. The van der Waals surface area contributed by atoms with Gasteiger partial charge < -0.3 is 15.1 Å². The molecule has 0 saturated carbocycles. The Bertz CT molecular complexity index is 1100. The molecule has 31 heavy (non-hydrogen) atoms. The molecule has 2 aromatic carbocycles. The third-order valence-corrected chi connectivity index (χ3v) is 5.01. The second-order valence-corrected chi connectivity index (χ2v) is 7.64. The second-order valence-electron chi connectivity index (χ2n) is 5.37. The summed E-state index contributed by atoms with van der Waals surface area (Å²) in [5.41, 5.74) is 1.22. The van der Waals surface area contributed by atoms with Crippen molar-refractivity contribution in [2.24, 2.45) is 4.99 Å². The van der Waals surface area contributed by atoms with Gasteiger partial charge in [-0.25, -0.2) is 8.42 Å². The van der Waals surface area contributed by atoms with Gasteiger partial charge in [0.25, 0.3) is 0 Å². The normalized spacial score (nSPS) is 10.5. The number of carbonyl (C=O) groups excluding carboxylic acids is 1. The number of aliphatic imine (C=N–C) groups is 1. The minimum Gasteiger partial charge on any atom is -0.744 e. The maximum atomic E-state index is 11.6. The number of nitrogens with zero attached hydrogens (tertiary/aromatic N) is 1. The van der Waals surface area contributed by atoms with Crippen LogP contribution in [-0.4, -0.2) is 24.0 Å². The van der Waals surface area contributed by atoms with Crippen LogP contribution in [0.2, 0.25) is 0 Å². The predicted octanol–water partition coefficient (Wildman–Crippen LogP) is -3.31. The van der Waals surface area contributed by atoms with Gasteiger partial charge in [-0.1, -0.05) is 24.3 Å². The zero-order valence-corrected chi connectivity index (χ0v) is 23.1. The quantitative estimate of drug-likeness (QED) is 0.0579. The SMILES string of the molecule is CC(=O)Nc1ccc(/C=C/c2ccc(N=C=S)cc2SOO[O-])c(S(=O)(=O)[O-])c1.[Na+].[Na+]. The van der Waals surface area contributed by atoms with Crippen LogP contribution in [0, 0.1) is 0 Å². The van der Waals surface area contributed by atoms with Crippen molar-refractivity contribution in [3.63, 3.8) is 0 Å². The Labute approximate surface area is 232 Å². The Morgan fingerprint density at radius 3 is 2.42 bits per heavy atom. The van der Waals surface area contributed by atoms with E-state index in [0.717, 1.165) is 6.07 Å². The third-order valence-electron chi connectivity index (χ3n) is 3.37. The molecule has 9 nitrogen and oxygen atoms in total. The van der Waals surface area contributed by atoms with Gasteiger partial charge in [-0.15, -0.1) is 0 Å². The van der Waals surface area contributed by atoms with E-state index in [9.17, 15) is 23.0 Å². The average Bonchev–Trinajstić information content (AvgIpc) is 2.65. The van der Waals surface area contributed by atoms with E-state index in [4.69, 9.17) is 0 Å². The van der Waals surface area contributed by atoms with E-state index in [1.165, 1.54) is 37.3 Å². The van der Waals surface area contributed by atoms with Crippen molar-refractivity contribution in [1.82, 2.24) is 0 Å². The van der Waals surface area contributed by atoms with Gasteiger partial charge in [0.15, 0.2) is 0 Å². The number of amides is 1. The van der Waals surface area contributed by atoms with Crippen molar-refractivity contribution in [3.05, 3.63) is 47.5 Å². The van der Waals surface area contributed by atoms with Crippen molar-refractivity contribution in [3.8, 4) is 0 Å². The summed E-state index contributed by atoms with van der Waals surface area (Å²) in [7, 11) is -4.81. The van der Waals surface area contributed by atoms with E-state index in [-0.39, 0.29) is 70.4 Å². The van der Waals surface area contributed by atoms with Crippen LogP contribution in [0.25, 0.3) is 12.2 Å². The molecule has 2 aromatic rings. The van der Waals surface area contributed by atoms with E-state index in [2.05, 4.69) is 37.1 Å². The van der Waals surface area contributed by atoms with Gasteiger partial charge in [0.2, 0.25) is 5.91 Å². The smallest absolute Gasteiger partial charge is 0.744 e. The van der Waals surface area contributed by atoms with Crippen molar-refractivity contribution in [2.45, 2.75) is 16.7 Å². The summed E-state index contributed by atoms with van der Waals surface area (Å²) in [5.74, 6) is -0.413. The summed E-state index contributed by atoms with van der Waals surface area (Å²) >= 11 is 5.15. The number of anilines is 1. The molecule has 0 aliphatic heterocycles. The first-order valence-corrected chi connectivity index (χ1v) is 10.2. The number of carbonyl (C=O) groups is 1. The molecule has 0 saturated heterocycles. The first-order valence-electron chi connectivity index (χ1n) is 7.65. The van der Waals surface area contributed by atoms with Gasteiger partial charge in [0, 0.05) is 17.5 Å². The molecule has 152 valence electrons. The number of isothiocyanates is 1. The van der Waals surface area contributed by atoms with Crippen molar-refractivity contribution >= 4 is 69.0 Å². The minimum absolute atomic E-state index is 0. The molecule has 0 atom stereocenters. The van der Waals surface area contributed by atoms with Crippen molar-refractivity contribution < 1.29 is 91.5 Å². The van der Waals surface area contributed by atoms with Gasteiger partial charge in [0.1, 0.15) is 10.1 Å². The number of hydrogen-bond donors (Lipinski definition) is 1. The van der Waals surface area contributed by atoms with E-state index < -0.39 is 20.9 Å². The van der Waals surface area contributed by atoms with Crippen molar-refractivity contribution in [2.75, 3.05) is 5.32 Å². The molecule has 0 radical (unpaired) electrons. The molecule has 0 bridgehead atoms. The van der Waals surface area contributed by atoms with Crippen LogP contribution in [0.5, 0.6) is 0 Å². The molecule has 0 aliphatic carbocycles. The van der Waals surface area contributed by atoms with Gasteiger partial charge >= 0.3 is 59.1 Å². The van der Waals surface area contributed by atoms with Crippen LogP contribution in [0.1, 0.15) is 18.1 Å². The zero-order valence-electron chi connectivity index (χ0n) is 16.6. The minimum atomic E-state index is -4.81. The molecule has 1 amide bonds. The summed E-state index contributed by atoms with van der Waals surface area (Å²) in [5, 5.41) is 18.1. The van der Waals surface area contributed by atoms with E-state index in [0.29, 0.717) is 28.2 Å². The number of rotatable bonds is 8. The molecule has 0 spiro atoms. The van der Waals surface area contributed by atoms with Crippen LogP contribution >= 0.6 is 24.3 Å². The predicted molar refractivity (Wildman–Crippen MR) is 107 cm³/mol. The number of hydrogen-bond acceptors (Lipinski definition) is 10. The van der Waals surface area contributed by atoms with Crippen LogP contribution in [0.4, 0.5) is 11.4 Å². The zero-order chi connectivity index (χ0) is 21.4. The Morgan fingerprint density at radius 1 is 1.19 bits per heavy atom. The monoisotopic (exact) mass is 498 g/mol. The van der Waals surface area contributed by atoms with Gasteiger partial charge in [-0.2, -0.15) is 9.33 Å². The molecule has 2 rings (SSSR count). The average molecular weight is 498 g/mol. The standard InChI is InChI=1S/C17H14N2O7S3.2Na/c1-11(20)19-15-7-5-13(17(9-15)29(22,23)24)3-2-12-4-6-14(18-10-27)8-16(12)28-26-25-21;;/h2-9,21H,1H3,(H,19,20)(H,22,23,24);;/q;2*+1/p-2/b3-2+;;. The number of nitrogens with one attached hydrogen (secondary N) is 1.